The summed E-state index contributed by atoms with van der Waals surface area (Å²) in [4.78, 5) is 0.410. The molecule has 0 spiro atoms. The molecule has 0 bridgehead atoms. The van der Waals surface area contributed by atoms with Crippen molar-refractivity contribution in [1.29, 1.82) is 0 Å². The molecule has 1 aliphatic rings. The smallest absolute Gasteiger partial charge is 0.185 e. The standard InChI is InChI=1S/C15H18O2S/c1-3-13-6-4-5-7-15(13)18(16,17)14-10-8-12(2)9-11-14/h3,6,8-11,15H,1,4-5,7H2,2H3. The second-order valence-electron chi connectivity index (χ2n) is 4.69. The van der Waals surface area contributed by atoms with E-state index in [0.717, 1.165) is 24.0 Å². The summed E-state index contributed by atoms with van der Waals surface area (Å²) in [5, 5.41) is -0.425. The molecule has 0 saturated carbocycles. The lowest BCUT2D eigenvalue weighted by Gasteiger charge is -2.22. The van der Waals surface area contributed by atoms with Gasteiger partial charge >= 0.3 is 0 Å². The highest BCUT2D eigenvalue weighted by atomic mass is 32.2. The normalized spacial score (nSPS) is 20.3. The molecule has 1 aliphatic carbocycles. The van der Waals surface area contributed by atoms with Gasteiger partial charge in [-0.25, -0.2) is 8.42 Å². The zero-order chi connectivity index (χ0) is 13.2. The third-order valence-electron chi connectivity index (χ3n) is 3.38. The summed E-state index contributed by atoms with van der Waals surface area (Å²) in [6, 6.07) is 7.07. The first-order valence-electron chi connectivity index (χ1n) is 6.19. The Morgan fingerprint density at radius 2 is 1.94 bits per heavy atom. The molecule has 0 fully saturated rings. The average molecular weight is 262 g/mol. The molecule has 0 radical (unpaired) electrons. The number of aryl methyl sites for hydroxylation is 1. The summed E-state index contributed by atoms with van der Waals surface area (Å²) in [6.07, 6.45) is 6.23. The number of rotatable bonds is 3. The van der Waals surface area contributed by atoms with E-state index in [1.807, 2.05) is 25.1 Å². The van der Waals surface area contributed by atoms with Gasteiger partial charge in [0, 0.05) is 0 Å². The maximum Gasteiger partial charge on any atom is 0.185 e. The number of hydrogen-bond donors (Lipinski definition) is 0. The molecule has 1 aromatic rings. The molecule has 0 heterocycles. The van der Waals surface area contributed by atoms with Crippen molar-refractivity contribution in [1.82, 2.24) is 0 Å². The Morgan fingerprint density at radius 3 is 2.56 bits per heavy atom. The number of hydrogen-bond acceptors (Lipinski definition) is 2. The molecular weight excluding hydrogens is 244 g/mol. The third kappa shape index (κ3) is 2.41. The van der Waals surface area contributed by atoms with Gasteiger partial charge in [0.05, 0.1) is 10.1 Å². The Bertz CT molecular complexity index is 565. The minimum absolute atomic E-state index is 0.410. The van der Waals surface area contributed by atoms with Gasteiger partial charge in [0.25, 0.3) is 0 Å². The lowest BCUT2D eigenvalue weighted by Crippen LogP contribution is -2.25. The van der Waals surface area contributed by atoms with Gasteiger partial charge < -0.3 is 0 Å². The maximum absolute atomic E-state index is 12.6. The third-order valence-corrected chi connectivity index (χ3v) is 5.57. The van der Waals surface area contributed by atoms with Crippen LogP contribution in [0.2, 0.25) is 0 Å². The van der Waals surface area contributed by atoms with Gasteiger partial charge in [-0.2, -0.15) is 0 Å². The molecule has 18 heavy (non-hydrogen) atoms. The van der Waals surface area contributed by atoms with Crippen LogP contribution in [0.5, 0.6) is 0 Å². The van der Waals surface area contributed by atoms with Crippen LogP contribution in [0.3, 0.4) is 0 Å². The Balaban J connectivity index is 2.42. The van der Waals surface area contributed by atoms with Crippen LogP contribution in [0, 0.1) is 6.92 Å². The van der Waals surface area contributed by atoms with Gasteiger partial charge in [-0.3, -0.25) is 0 Å². The van der Waals surface area contributed by atoms with E-state index in [0.29, 0.717) is 11.3 Å². The van der Waals surface area contributed by atoms with Gasteiger partial charge in [0.1, 0.15) is 0 Å². The van der Waals surface area contributed by atoms with Crippen molar-refractivity contribution in [2.75, 3.05) is 0 Å². The molecule has 96 valence electrons. The fourth-order valence-electron chi connectivity index (χ4n) is 2.31. The van der Waals surface area contributed by atoms with Crippen molar-refractivity contribution in [3.8, 4) is 0 Å². The molecular formula is C15H18O2S. The first kappa shape index (κ1) is 13.1. The van der Waals surface area contributed by atoms with Crippen LogP contribution in [0.4, 0.5) is 0 Å². The van der Waals surface area contributed by atoms with Crippen molar-refractivity contribution in [2.45, 2.75) is 36.3 Å². The molecule has 0 N–H and O–H groups in total. The highest BCUT2D eigenvalue weighted by Crippen LogP contribution is 2.30. The quantitative estimate of drug-likeness (QED) is 0.836. The first-order valence-corrected chi connectivity index (χ1v) is 7.73. The molecule has 0 saturated heterocycles. The highest BCUT2D eigenvalue weighted by molar-refractivity contribution is 7.92. The van der Waals surface area contributed by atoms with E-state index in [1.165, 1.54) is 0 Å². The topological polar surface area (TPSA) is 34.1 Å². The van der Waals surface area contributed by atoms with Crippen LogP contribution >= 0.6 is 0 Å². The summed E-state index contributed by atoms with van der Waals surface area (Å²) < 4.78 is 25.2. The number of allylic oxidation sites excluding steroid dienone is 2. The van der Waals surface area contributed by atoms with E-state index in [1.54, 1.807) is 18.2 Å². The second kappa shape index (κ2) is 5.11. The van der Waals surface area contributed by atoms with Gasteiger partial charge in [-0.15, -0.1) is 0 Å². The van der Waals surface area contributed by atoms with E-state index in [9.17, 15) is 8.42 Å². The fraction of sp³-hybridized carbons (Fsp3) is 0.333. The van der Waals surface area contributed by atoms with Crippen LogP contribution in [0.15, 0.2) is 53.5 Å². The Kier molecular flexibility index (Phi) is 3.71. The Labute approximate surface area is 109 Å². The van der Waals surface area contributed by atoms with E-state index >= 15 is 0 Å². The van der Waals surface area contributed by atoms with Crippen LogP contribution < -0.4 is 0 Å². The van der Waals surface area contributed by atoms with Gasteiger partial charge in [-0.1, -0.05) is 36.4 Å². The largest absolute Gasteiger partial charge is 0.223 e. The summed E-state index contributed by atoms with van der Waals surface area (Å²) in [5.41, 5.74) is 1.92. The van der Waals surface area contributed by atoms with Gasteiger partial charge in [0.15, 0.2) is 9.84 Å². The Morgan fingerprint density at radius 1 is 1.28 bits per heavy atom. The predicted molar refractivity (Wildman–Crippen MR) is 74.3 cm³/mol. The molecule has 3 heteroatoms. The van der Waals surface area contributed by atoms with Crippen molar-refractivity contribution >= 4 is 9.84 Å². The predicted octanol–water partition coefficient (Wildman–Crippen LogP) is 3.43. The molecule has 2 nitrogen and oxygen atoms in total. The zero-order valence-electron chi connectivity index (χ0n) is 10.6. The zero-order valence-corrected chi connectivity index (χ0v) is 11.4. The van der Waals surface area contributed by atoms with Crippen LogP contribution in [-0.2, 0) is 9.84 Å². The van der Waals surface area contributed by atoms with Gasteiger partial charge in [0.2, 0.25) is 0 Å². The van der Waals surface area contributed by atoms with Crippen molar-refractivity contribution in [3.05, 3.63) is 54.1 Å². The van der Waals surface area contributed by atoms with Crippen LogP contribution in [0.1, 0.15) is 24.8 Å². The fourth-order valence-corrected chi connectivity index (χ4v) is 4.18. The first-order chi connectivity index (χ1) is 8.55. The minimum atomic E-state index is -3.28. The van der Waals surface area contributed by atoms with Crippen molar-refractivity contribution in [3.63, 3.8) is 0 Å². The monoisotopic (exact) mass is 262 g/mol. The second-order valence-corrected chi connectivity index (χ2v) is 6.82. The lowest BCUT2D eigenvalue weighted by atomic mass is 9.99. The molecule has 1 unspecified atom stereocenters. The SMILES string of the molecule is C=CC1=CCCCC1S(=O)(=O)c1ccc(C)cc1. The molecule has 0 amide bonds. The van der Waals surface area contributed by atoms with Crippen molar-refractivity contribution in [2.24, 2.45) is 0 Å². The van der Waals surface area contributed by atoms with E-state index in [4.69, 9.17) is 0 Å². The molecule has 2 rings (SSSR count). The number of benzene rings is 1. The number of sulfone groups is 1. The van der Waals surface area contributed by atoms with E-state index < -0.39 is 15.1 Å². The maximum atomic E-state index is 12.6. The summed E-state index contributed by atoms with van der Waals surface area (Å²) in [5.74, 6) is 0. The van der Waals surface area contributed by atoms with Crippen molar-refractivity contribution < 1.29 is 8.42 Å². The van der Waals surface area contributed by atoms with E-state index in [-0.39, 0.29) is 0 Å². The highest BCUT2D eigenvalue weighted by Gasteiger charge is 2.30. The molecule has 1 atom stereocenters. The van der Waals surface area contributed by atoms with Gasteiger partial charge in [-0.05, 0) is 43.9 Å². The average Bonchev–Trinajstić information content (AvgIpc) is 2.39. The molecule has 0 aliphatic heterocycles. The lowest BCUT2D eigenvalue weighted by molar-refractivity contribution is 0.574. The molecule has 0 aromatic heterocycles. The summed E-state index contributed by atoms with van der Waals surface area (Å²) in [6.45, 7) is 5.67. The Hall–Kier alpha value is -1.35. The van der Waals surface area contributed by atoms with Crippen LogP contribution in [0.25, 0.3) is 0 Å². The summed E-state index contributed by atoms with van der Waals surface area (Å²) in [7, 11) is -3.28. The van der Waals surface area contributed by atoms with E-state index in [2.05, 4.69) is 6.58 Å². The summed E-state index contributed by atoms with van der Waals surface area (Å²) >= 11 is 0. The minimum Gasteiger partial charge on any atom is -0.223 e. The van der Waals surface area contributed by atoms with Crippen LogP contribution in [-0.4, -0.2) is 13.7 Å². The molecule has 1 aromatic carbocycles.